The molecule has 4 nitrogen and oxygen atoms in total. The van der Waals surface area contributed by atoms with E-state index >= 15 is 0 Å². The van der Waals surface area contributed by atoms with Crippen molar-refractivity contribution < 1.29 is 17.9 Å². The van der Waals surface area contributed by atoms with Crippen LogP contribution in [0.5, 0.6) is 11.5 Å². The fourth-order valence-corrected chi connectivity index (χ4v) is 2.47. The highest BCUT2D eigenvalue weighted by Crippen LogP contribution is 2.42. The lowest BCUT2D eigenvalue weighted by Crippen LogP contribution is -1.98. The number of ether oxygens (including phenoxy) is 2. The van der Waals surface area contributed by atoms with Crippen molar-refractivity contribution in [3.8, 4) is 11.5 Å². The molecule has 1 aliphatic heterocycles. The average molecular weight is 269 g/mol. The van der Waals surface area contributed by atoms with E-state index in [9.17, 15) is 8.42 Å². The van der Waals surface area contributed by atoms with Crippen molar-refractivity contribution in [2.75, 3.05) is 6.79 Å². The Morgan fingerprint density at radius 3 is 2.60 bits per heavy atom. The number of fused-ring (bicyclic) bond motifs is 1. The molecule has 0 atom stereocenters. The minimum absolute atomic E-state index is 0.0361. The highest BCUT2D eigenvalue weighted by molar-refractivity contribution is 8.13. The minimum Gasteiger partial charge on any atom is -0.453 e. The zero-order valence-corrected chi connectivity index (χ0v) is 9.69. The van der Waals surface area contributed by atoms with E-state index in [1.807, 2.05) is 0 Å². The van der Waals surface area contributed by atoms with Crippen molar-refractivity contribution in [3.63, 3.8) is 0 Å². The van der Waals surface area contributed by atoms with E-state index < -0.39 is 9.05 Å². The summed E-state index contributed by atoms with van der Waals surface area (Å²) in [7, 11) is 1.53. The summed E-state index contributed by atoms with van der Waals surface area (Å²) in [6.07, 6.45) is 0. The van der Waals surface area contributed by atoms with Crippen LogP contribution in [0.2, 0.25) is 5.02 Å². The van der Waals surface area contributed by atoms with Crippen LogP contribution in [0.3, 0.4) is 0 Å². The van der Waals surface area contributed by atoms with Crippen molar-refractivity contribution in [1.82, 2.24) is 0 Å². The molecule has 0 aliphatic carbocycles. The molecule has 0 amide bonds. The number of rotatable bonds is 2. The van der Waals surface area contributed by atoms with Crippen molar-refractivity contribution >= 4 is 31.3 Å². The van der Waals surface area contributed by atoms with E-state index in [1.54, 1.807) is 12.1 Å². The van der Waals surface area contributed by atoms with Crippen LogP contribution in [0.15, 0.2) is 12.1 Å². The molecule has 82 valence electrons. The first kappa shape index (κ1) is 10.9. The third-order valence-electron chi connectivity index (χ3n) is 1.88. The van der Waals surface area contributed by atoms with Gasteiger partial charge in [-0.25, -0.2) is 8.42 Å². The Labute approximate surface area is 96.1 Å². The number of hydrogen-bond acceptors (Lipinski definition) is 4. The highest BCUT2D eigenvalue weighted by atomic mass is 35.7. The van der Waals surface area contributed by atoms with E-state index in [4.69, 9.17) is 31.8 Å². The zero-order chi connectivity index (χ0) is 11.1. The first-order chi connectivity index (χ1) is 6.97. The van der Waals surface area contributed by atoms with Gasteiger partial charge in [0.15, 0.2) is 11.5 Å². The summed E-state index contributed by atoms with van der Waals surface area (Å²) in [6.45, 7) is 0.0361. The molecule has 1 aromatic carbocycles. The lowest BCUT2D eigenvalue weighted by Gasteiger charge is -2.04. The summed E-state index contributed by atoms with van der Waals surface area (Å²) in [5.74, 6) is 0.415. The molecular weight excluding hydrogens is 263 g/mol. The van der Waals surface area contributed by atoms with Gasteiger partial charge in [0.05, 0.1) is 10.8 Å². The number of hydrogen-bond donors (Lipinski definition) is 0. The maximum atomic E-state index is 10.9. The molecule has 0 aromatic heterocycles. The second kappa shape index (κ2) is 3.73. The fourth-order valence-electron chi connectivity index (χ4n) is 1.32. The van der Waals surface area contributed by atoms with Gasteiger partial charge in [-0.2, -0.15) is 0 Å². The summed E-state index contributed by atoms with van der Waals surface area (Å²) < 4.78 is 32.1. The molecule has 0 saturated heterocycles. The maximum absolute atomic E-state index is 10.9. The monoisotopic (exact) mass is 268 g/mol. The molecule has 1 aromatic rings. The number of halogens is 2. The zero-order valence-electron chi connectivity index (χ0n) is 7.37. The van der Waals surface area contributed by atoms with Crippen molar-refractivity contribution in [2.45, 2.75) is 5.75 Å². The Balaban J connectivity index is 2.47. The van der Waals surface area contributed by atoms with Crippen LogP contribution in [-0.2, 0) is 14.8 Å². The molecule has 0 unspecified atom stereocenters. The van der Waals surface area contributed by atoms with Gasteiger partial charge in [0.25, 0.3) is 0 Å². The highest BCUT2D eigenvalue weighted by Gasteiger charge is 2.23. The van der Waals surface area contributed by atoms with Gasteiger partial charge in [-0.15, -0.1) is 0 Å². The van der Waals surface area contributed by atoms with Gasteiger partial charge < -0.3 is 9.47 Å². The van der Waals surface area contributed by atoms with Crippen LogP contribution < -0.4 is 9.47 Å². The molecule has 1 heterocycles. The van der Waals surface area contributed by atoms with Gasteiger partial charge in [-0.1, -0.05) is 17.7 Å². The Hall–Kier alpha value is -0.650. The van der Waals surface area contributed by atoms with Gasteiger partial charge in [-0.3, -0.25) is 0 Å². The van der Waals surface area contributed by atoms with E-state index in [0.717, 1.165) is 0 Å². The predicted molar refractivity (Wildman–Crippen MR) is 56.1 cm³/mol. The Morgan fingerprint density at radius 2 is 1.93 bits per heavy atom. The first-order valence-electron chi connectivity index (χ1n) is 3.97. The molecule has 0 fully saturated rings. The molecule has 0 spiro atoms. The summed E-state index contributed by atoms with van der Waals surface area (Å²) in [5.41, 5.74) is 0.446. The molecule has 2 rings (SSSR count). The van der Waals surface area contributed by atoms with Crippen LogP contribution >= 0.6 is 22.3 Å². The standard InChI is InChI=1S/C8H6Cl2O4S/c9-6-2-1-5(3-15(10,11)12)7-8(6)14-4-13-7/h1-2H,3-4H2. The van der Waals surface area contributed by atoms with Gasteiger partial charge in [0.1, 0.15) is 0 Å². The lowest BCUT2D eigenvalue weighted by atomic mass is 10.2. The first-order valence-corrected chi connectivity index (χ1v) is 6.82. The maximum Gasteiger partial charge on any atom is 0.236 e. The summed E-state index contributed by atoms with van der Waals surface area (Å²) in [5, 5.41) is 0.387. The minimum atomic E-state index is -3.62. The van der Waals surface area contributed by atoms with E-state index in [1.165, 1.54) is 0 Å². The fraction of sp³-hybridized carbons (Fsp3) is 0.250. The molecule has 0 radical (unpaired) electrons. The average Bonchev–Trinajstić information content (AvgIpc) is 2.57. The van der Waals surface area contributed by atoms with Crippen molar-refractivity contribution in [1.29, 1.82) is 0 Å². The number of benzene rings is 1. The molecule has 7 heteroatoms. The molecule has 0 saturated carbocycles. The van der Waals surface area contributed by atoms with E-state index in [2.05, 4.69) is 0 Å². The largest absolute Gasteiger partial charge is 0.453 e. The molecule has 0 N–H and O–H groups in total. The van der Waals surface area contributed by atoms with Crippen LogP contribution in [0.4, 0.5) is 0 Å². The van der Waals surface area contributed by atoms with Gasteiger partial charge in [-0.05, 0) is 6.07 Å². The van der Waals surface area contributed by atoms with Gasteiger partial charge in [0.2, 0.25) is 15.8 Å². The Bertz CT molecular complexity index is 498. The Kier molecular flexibility index (Phi) is 2.70. The molecule has 1 aliphatic rings. The summed E-state index contributed by atoms with van der Waals surface area (Å²) in [6, 6.07) is 3.10. The second-order valence-electron chi connectivity index (χ2n) is 2.95. The normalized spacial score (nSPS) is 14.3. The quantitative estimate of drug-likeness (QED) is 0.772. The topological polar surface area (TPSA) is 52.6 Å². The third kappa shape index (κ3) is 2.30. The second-order valence-corrected chi connectivity index (χ2v) is 6.14. The van der Waals surface area contributed by atoms with Gasteiger partial charge >= 0.3 is 0 Å². The van der Waals surface area contributed by atoms with Crippen molar-refractivity contribution in [3.05, 3.63) is 22.7 Å². The molecular formula is C8H6Cl2O4S. The van der Waals surface area contributed by atoms with Crippen LogP contribution in [0, 0.1) is 0 Å². The Morgan fingerprint density at radius 1 is 1.27 bits per heavy atom. The van der Waals surface area contributed by atoms with E-state index in [0.29, 0.717) is 22.1 Å². The third-order valence-corrected chi connectivity index (χ3v) is 3.16. The van der Waals surface area contributed by atoms with Crippen molar-refractivity contribution in [2.24, 2.45) is 0 Å². The lowest BCUT2D eigenvalue weighted by molar-refractivity contribution is 0.173. The van der Waals surface area contributed by atoms with Crippen LogP contribution in [0.1, 0.15) is 5.56 Å². The summed E-state index contributed by atoms with van der Waals surface area (Å²) in [4.78, 5) is 0. The molecule has 15 heavy (non-hydrogen) atoms. The van der Waals surface area contributed by atoms with Crippen LogP contribution in [-0.4, -0.2) is 15.2 Å². The van der Waals surface area contributed by atoms with E-state index in [-0.39, 0.29) is 12.5 Å². The van der Waals surface area contributed by atoms with Crippen LogP contribution in [0.25, 0.3) is 0 Å². The predicted octanol–water partition coefficient (Wildman–Crippen LogP) is 2.14. The smallest absolute Gasteiger partial charge is 0.236 e. The SMILES string of the molecule is O=S(=O)(Cl)Cc1ccc(Cl)c2c1OCO2. The van der Waals surface area contributed by atoms with Gasteiger partial charge in [0, 0.05) is 16.2 Å². The molecule has 0 bridgehead atoms. The summed E-state index contributed by atoms with van der Waals surface area (Å²) >= 11 is 5.83.